The van der Waals surface area contributed by atoms with E-state index >= 15 is 0 Å². The average molecular weight is 270 g/mol. The van der Waals surface area contributed by atoms with Crippen LogP contribution in [0.1, 0.15) is 11.1 Å². The van der Waals surface area contributed by atoms with Crippen molar-refractivity contribution in [3.63, 3.8) is 0 Å². The highest BCUT2D eigenvalue weighted by molar-refractivity contribution is 5.85. The van der Waals surface area contributed by atoms with E-state index in [9.17, 15) is 4.79 Å². The van der Waals surface area contributed by atoms with Gasteiger partial charge in [0, 0.05) is 25.0 Å². The van der Waals surface area contributed by atoms with Crippen molar-refractivity contribution in [2.75, 3.05) is 11.1 Å². The number of anilines is 2. The van der Waals surface area contributed by atoms with E-state index in [-0.39, 0.29) is 0 Å². The Kier molecular flexibility index (Phi) is 2.90. The van der Waals surface area contributed by atoms with Crippen LogP contribution in [-0.2, 0) is 6.54 Å². The van der Waals surface area contributed by atoms with Gasteiger partial charge in [0.2, 0.25) is 0 Å². The number of hydrogen-bond donors (Lipinski definition) is 3. The fourth-order valence-electron chi connectivity index (χ4n) is 2.06. The van der Waals surface area contributed by atoms with E-state index in [4.69, 9.17) is 10.2 Å². The molecule has 4 N–H and O–H groups in total. The number of H-pyrrole nitrogens is 1. The molecular formula is C14H14N4O2. The van der Waals surface area contributed by atoms with E-state index in [1.807, 2.05) is 19.2 Å². The third-order valence-corrected chi connectivity index (χ3v) is 3.20. The molecule has 2 aromatic heterocycles. The monoisotopic (exact) mass is 270 g/mol. The number of rotatable bonds is 3. The largest absolute Gasteiger partial charge is 0.417 e. The SMILES string of the molecule is Cc1cnccc1CNc1cc2[nH]c(=O)oc2cc1N. The van der Waals surface area contributed by atoms with Crippen LogP contribution < -0.4 is 16.8 Å². The molecule has 2 heterocycles. The number of aromatic amines is 1. The van der Waals surface area contributed by atoms with Gasteiger partial charge < -0.3 is 15.5 Å². The minimum atomic E-state index is -0.485. The maximum atomic E-state index is 11.1. The Morgan fingerprint density at radius 1 is 1.45 bits per heavy atom. The molecule has 0 unspecified atom stereocenters. The van der Waals surface area contributed by atoms with Crippen LogP contribution in [-0.4, -0.2) is 9.97 Å². The molecule has 0 aliphatic carbocycles. The molecule has 0 amide bonds. The zero-order valence-electron chi connectivity index (χ0n) is 10.9. The summed E-state index contributed by atoms with van der Waals surface area (Å²) in [5.41, 5.74) is 10.6. The van der Waals surface area contributed by atoms with E-state index in [2.05, 4.69) is 15.3 Å². The standard InChI is InChI=1S/C14H14N4O2/c1-8-6-16-3-2-9(8)7-17-11-5-12-13(4-10(11)15)20-14(19)18-12/h2-6,17H,7,15H2,1H3,(H,18,19). The molecule has 0 bridgehead atoms. The number of aryl methyl sites for hydroxylation is 1. The first-order chi connectivity index (χ1) is 9.63. The van der Waals surface area contributed by atoms with Gasteiger partial charge in [0.25, 0.3) is 0 Å². The Bertz CT molecular complexity index is 819. The summed E-state index contributed by atoms with van der Waals surface area (Å²) < 4.78 is 4.96. The van der Waals surface area contributed by atoms with Crippen molar-refractivity contribution < 1.29 is 4.42 Å². The minimum Gasteiger partial charge on any atom is -0.408 e. The van der Waals surface area contributed by atoms with Crippen molar-refractivity contribution in [2.24, 2.45) is 0 Å². The lowest BCUT2D eigenvalue weighted by Gasteiger charge is -2.10. The highest BCUT2D eigenvalue weighted by Gasteiger charge is 2.07. The number of fused-ring (bicyclic) bond motifs is 1. The lowest BCUT2D eigenvalue weighted by molar-refractivity contribution is 0.555. The van der Waals surface area contributed by atoms with E-state index in [1.54, 1.807) is 18.3 Å². The molecule has 0 saturated carbocycles. The molecule has 20 heavy (non-hydrogen) atoms. The summed E-state index contributed by atoms with van der Waals surface area (Å²) >= 11 is 0. The Balaban J connectivity index is 1.89. The maximum absolute atomic E-state index is 11.1. The van der Waals surface area contributed by atoms with Crippen LogP contribution in [0.15, 0.2) is 39.8 Å². The van der Waals surface area contributed by atoms with Gasteiger partial charge in [0.05, 0.1) is 16.9 Å². The summed E-state index contributed by atoms with van der Waals surface area (Å²) in [6.45, 7) is 2.64. The van der Waals surface area contributed by atoms with Gasteiger partial charge in [-0.2, -0.15) is 0 Å². The number of oxazole rings is 1. The van der Waals surface area contributed by atoms with Crippen LogP contribution in [0, 0.1) is 6.92 Å². The number of benzene rings is 1. The lowest BCUT2D eigenvalue weighted by Crippen LogP contribution is -2.04. The molecule has 3 aromatic rings. The van der Waals surface area contributed by atoms with Gasteiger partial charge >= 0.3 is 5.76 Å². The van der Waals surface area contributed by atoms with E-state index in [0.717, 1.165) is 16.8 Å². The van der Waals surface area contributed by atoms with Crippen LogP contribution in [0.2, 0.25) is 0 Å². The summed E-state index contributed by atoms with van der Waals surface area (Å²) in [6.07, 6.45) is 3.57. The molecule has 0 aliphatic heterocycles. The van der Waals surface area contributed by atoms with Gasteiger partial charge in [-0.05, 0) is 30.2 Å². The summed E-state index contributed by atoms with van der Waals surface area (Å²) in [5, 5.41) is 3.25. The van der Waals surface area contributed by atoms with Gasteiger partial charge in [0.15, 0.2) is 5.58 Å². The number of nitrogen functional groups attached to an aromatic ring is 1. The van der Waals surface area contributed by atoms with Crippen molar-refractivity contribution in [3.05, 3.63) is 52.3 Å². The molecule has 3 rings (SSSR count). The first kappa shape index (κ1) is 12.3. The summed E-state index contributed by atoms with van der Waals surface area (Å²) in [5.74, 6) is -0.485. The maximum Gasteiger partial charge on any atom is 0.417 e. The van der Waals surface area contributed by atoms with Gasteiger partial charge in [-0.1, -0.05) is 0 Å². The molecule has 0 atom stereocenters. The van der Waals surface area contributed by atoms with Gasteiger partial charge in [0.1, 0.15) is 0 Å². The average Bonchev–Trinajstić information content (AvgIpc) is 2.76. The molecular weight excluding hydrogens is 256 g/mol. The number of pyridine rings is 1. The summed E-state index contributed by atoms with van der Waals surface area (Å²) in [6, 6.07) is 5.36. The highest BCUT2D eigenvalue weighted by atomic mass is 16.4. The fourth-order valence-corrected chi connectivity index (χ4v) is 2.06. The fraction of sp³-hybridized carbons (Fsp3) is 0.143. The van der Waals surface area contributed by atoms with E-state index < -0.39 is 5.76 Å². The Morgan fingerprint density at radius 3 is 3.10 bits per heavy atom. The first-order valence-corrected chi connectivity index (χ1v) is 6.19. The highest BCUT2D eigenvalue weighted by Crippen LogP contribution is 2.25. The van der Waals surface area contributed by atoms with E-state index in [1.165, 1.54) is 0 Å². The van der Waals surface area contributed by atoms with E-state index in [0.29, 0.717) is 23.3 Å². The van der Waals surface area contributed by atoms with Crippen molar-refractivity contribution >= 4 is 22.5 Å². The molecule has 6 heteroatoms. The van der Waals surface area contributed by atoms with Crippen LogP contribution in [0.5, 0.6) is 0 Å². The predicted molar refractivity (Wildman–Crippen MR) is 77.5 cm³/mol. The number of nitrogens with two attached hydrogens (primary N) is 1. The molecule has 6 nitrogen and oxygen atoms in total. The molecule has 0 spiro atoms. The zero-order chi connectivity index (χ0) is 14.1. The van der Waals surface area contributed by atoms with Gasteiger partial charge in [-0.3, -0.25) is 9.97 Å². The van der Waals surface area contributed by atoms with Crippen molar-refractivity contribution in [1.82, 2.24) is 9.97 Å². The summed E-state index contributed by atoms with van der Waals surface area (Å²) in [4.78, 5) is 17.8. The van der Waals surface area contributed by atoms with Gasteiger partial charge in [-0.25, -0.2) is 4.79 Å². The second-order valence-electron chi connectivity index (χ2n) is 4.61. The second kappa shape index (κ2) is 4.73. The first-order valence-electron chi connectivity index (χ1n) is 6.19. The van der Waals surface area contributed by atoms with Gasteiger partial charge in [-0.15, -0.1) is 0 Å². The second-order valence-corrected chi connectivity index (χ2v) is 4.61. The Morgan fingerprint density at radius 2 is 2.30 bits per heavy atom. The number of hydrogen-bond acceptors (Lipinski definition) is 5. The molecule has 0 saturated heterocycles. The van der Waals surface area contributed by atoms with Crippen molar-refractivity contribution in [2.45, 2.75) is 13.5 Å². The van der Waals surface area contributed by atoms with Crippen molar-refractivity contribution in [3.8, 4) is 0 Å². The van der Waals surface area contributed by atoms with Crippen LogP contribution in [0.25, 0.3) is 11.1 Å². The smallest absolute Gasteiger partial charge is 0.408 e. The minimum absolute atomic E-state index is 0.457. The normalized spacial score (nSPS) is 10.8. The number of aromatic nitrogens is 2. The Hall–Kier alpha value is -2.76. The number of nitrogens with zero attached hydrogens (tertiary/aromatic N) is 1. The van der Waals surface area contributed by atoms with Crippen LogP contribution >= 0.6 is 0 Å². The predicted octanol–water partition coefficient (Wildman–Crippen LogP) is 2.02. The topological polar surface area (TPSA) is 96.9 Å². The summed E-state index contributed by atoms with van der Waals surface area (Å²) in [7, 11) is 0. The molecule has 0 aliphatic rings. The van der Waals surface area contributed by atoms with Crippen LogP contribution in [0.3, 0.4) is 0 Å². The van der Waals surface area contributed by atoms with Crippen molar-refractivity contribution in [1.29, 1.82) is 0 Å². The van der Waals surface area contributed by atoms with Crippen LogP contribution in [0.4, 0.5) is 11.4 Å². The number of nitrogens with one attached hydrogen (secondary N) is 2. The quantitative estimate of drug-likeness (QED) is 0.633. The molecule has 0 fully saturated rings. The Labute approximate surface area is 114 Å². The molecule has 102 valence electrons. The molecule has 0 radical (unpaired) electrons. The third-order valence-electron chi connectivity index (χ3n) is 3.20. The lowest BCUT2D eigenvalue weighted by atomic mass is 10.1. The molecule has 1 aromatic carbocycles. The third kappa shape index (κ3) is 2.23. The zero-order valence-corrected chi connectivity index (χ0v) is 10.9.